The van der Waals surface area contributed by atoms with Crippen molar-refractivity contribution in [3.63, 3.8) is 0 Å². The molecule has 1 N–H and O–H groups in total. The summed E-state index contributed by atoms with van der Waals surface area (Å²) in [7, 11) is -3.98. The fourth-order valence-electron chi connectivity index (χ4n) is 1.70. The Hall–Kier alpha value is -0.620. The largest absolute Gasteiger partial charge is 0.465 e. The number of ether oxygens (including phenoxy) is 1. The second-order valence-electron chi connectivity index (χ2n) is 5.37. The molecule has 18 heavy (non-hydrogen) atoms. The lowest BCUT2D eigenvalue weighted by atomic mass is 9.70. The molecule has 0 spiro atoms. The number of carbonyl (C=O) groups excluding carboxylic acids is 1. The summed E-state index contributed by atoms with van der Waals surface area (Å²) in [5.41, 5.74) is -0.585. The smallest absolute Gasteiger partial charge is 0.312 e. The minimum Gasteiger partial charge on any atom is -0.465 e. The number of esters is 1. The van der Waals surface area contributed by atoms with Gasteiger partial charge in [-0.05, 0) is 25.2 Å². The van der Waals surface area contributed by atoms with Crippen molar-refractivity contribution < 1.29 is 22.5 Å². The lowest BCUT2D eigenvalue weighted by Gasteiger charge is -2.35. The Bertz CT molecular complexity index is 362. The van der Waals surface area contributed by atoms with Gasteiger partial charge in [0.25, 0.3) is 10.1 Å². The molecule has 108 valence electrons. The summed E-state index contributed by atoms with van der Waals surface area (Å²) in [6, 6.07) is 0. The Balaban J connectivity index is 4.39. The van der Waals surface area contributed by atoms with E-state index in [9.17, 15) is 13.2 Å². The number of hydrogen-bond acceptors (Lipinski definition) is 4. The molecule has 0 rings (SSSR count). The maximum atomic E-state index is 12.0. The van der Waals surface area contributed by atoms with Crippen LogP contribution in [0.15, 0.2) is 0 Å². The SMILES string of the molecule is CC(C)C(C)(C(=O)OCCCS(=O)(=O)O)C(C)C. The lowest BCUT2D eigenvalue weighted by molar-refractivity contribution is -0.161. The van der Waals surface area contributed by atoms with Gasteiger partial charge in [0.2, 0.25) is 0 Å². The summed E-state index contributed by atoms with van der Waals surface area (Å²) < 4.78 is 34.7. The van der Waals surface area contributed by atoms with Crippen LogP contribution in [0.4, 0.5) is 0 Å². The molecule has 0 heterocycles. The molecular formula is C12H24O5S. The van der Waals surface area contributed by atoms with Crippen LogP contribution in [-0.4, -0.2) is 31.3 Å². The van der Waals surface area contributed by atoms with Crippen molar-refractivity contribution in [2.75, 3.05) is 12.4 Å². The Labute approximate surface area is 110 Å². The summed E-state index contributed by atoms with van der Waals surface area (Å²) in [5, 5.41) is 0. The third-order valence-corrected chi connectivity index (χ3v) is 4.42. The van der Waals surface area contributed by atoms with E-state index in [1.54, 1.807) is 0 Å². The maximum absolute atomic E-state index is 12.0. The zero-order valence-corrected chi connectivity index (χ0v) is 12.6. The van der Waals surface area contributed by atoms with Gasteiger partial charge in [0, 0.05) is 0 Å². The Morgan fingerprint density at radius 2 is 1.67 bits per heavy atom. The first-order valence-electron chi connectivity index (χ1n) is 6.14. The molecule has 0 amide bonds. The van der Waals surface area contributed by atoms with Crippen LogP contribution in [0.1, 0.15) is 41.0 Å². The third kappa shape index (κ3) is 4.94. The summed E-state index contributed by atoms with van der Waals surface area (Å²) in [6.07, 6.45) is 0.108. The van der Waals surface area contributed by atoms with Crippen LogP contribution in [0.3, 0.4) is 0 Å². The van der Waals surface area contributed by atoms with E-state index < -0.39 is 15.5 Å². The third-order valence-electron chi connectivity index (χ3n) is 3.62. The molecule has 0 saturated carbocycles. The Kier molecular flexibility index (Phi) is 6.29. The normalized spacial score (nSPS) is 13.1. The summed E-state index contributed by atoms with van der Waals surface area (Å²) >= 11 is 0. The average Bonchev–Trinajstić information content (AvgIpc) is 2.20. The number of hydrogen-bond donors (Lipinski definition) is 1. The van der Waals surface area contributed by atoms with Gasteiger partial charge < -0.3 is 4.74 Å². The first-order chi connectivity index (χ1) is 8.01. The second-order valence-corrected chi connectivity index (χ2v) is 6.94. The van der Waals surface area contributed by atoms with Crippen molar-refractivity contribution in [2.45, 2.75) is 41.0 Å². The molecule has 0 unspecified atom stereocenters. The van der Waals surface area contributed by atoms with Crippen LogP contribution in [0, 0.1) is 17.3 Å². The molecule has 0 bridgehead atoms. The molecule has 0 saturated heterocycles. The molecule has 0 aliphatic heterocycles. The average molecular weight is 280 g/mol. The molecule has 0 aromatic rings. The predicted molar refractivity (Wildman–Crippen MR) is 69.8 cm³/mol. The highest BCUT2D eigenvalue weighted by Crippen LogP contribution is 2.36. The van der Waals surface area contributed by atoms with Gasteiger partial charge in [0.15, 0.2) is 0 Å². The van der Waals surface area contributed by atoms with Crippen molar-refractivity contribution in [2.24, 2.45) is 17.3 Å². The number of rotatable bonds is 7. The first-order valence-corrected chi connectivity index (χ1v) is 7.75. The van der Waals surface area contributed by atoms with Crippen LogP contribution in [0.5, 0.6) is 0 Å². The molecule has 0 radical (unpaired) electrons. The Morgan fingerprint density at radius 1 is 1.22 bits per heavy atom. The van der Waals surface area contributed by atoms with Gasteiger partial charge in [-0.3, -0.25) is 9.35 Å². The number of carbonyl (C=O) groups is 1. The van der Waals surface area contributed by atoms with E-state index in [1.165, 1.54) is 0 Å². The van der Waals surface area contributed by atoms with Crippen LogP contribution in [-0.2, 0) is 19.6 Å². The molecule has 0 aliphatic rings. The van der Waals surface area contributed by atoms with E-state index in [4.69, 9.17) is 9.29 Å². The Morgan fingerprint density at radius 3 is 2.00 bits per heavy atom. The van der Waals surface area contributed by atoms with Crippen molar-refractivity contribution in [3.8, 4) is 0 Å². The van der Waals surface area contributed by atoms with Crippen molar-refractivity contribution in [1.29, 1.82) is 0 Å². The quantitative estimate of drug-likeness (QED) is 0.439. The van der Waals surface area contributed by atoms with Gasteiger partial charge in [0.05, 0.1) is 17.8 Å². The van der Waals surface area contributed by atoms with E-state index in [0.29, 0.717) is 0 Å². The molecule has 6 heteroatoms. The zero-order chi connectivity index (χ0) is 14.6. The van der Waals surface area contributed by atoms with Gasteiger partial charge in [-0.2, -0.15) is 8.42 Å². The van der Waals surface area contributed by atoms with Crippen molar-refractivity contribution in [1.82, 2.24) is 0 Å². The molecule has 0 aromatic heterocycles. The van der Waals surface area contributed by atoms with Crippen LogP contribution in [0.2, 0.25) is 0 Å². The van der Waals surface area contributed by atoms with E-state index in [0.717, 1.165) is 0 Å². The van der Waals surface area contributed by atoms with Gasteiger partial charge in [-0.15, -0.1) is 0 Å². The monoisotopic (exact) mass is 280 g/mol. The molecule has 0 fully saturated rings. The van der Waals surface area contributed by atoms with Crippen LogP contribution >= 0.6 is 0 Å². The second kappa shape index (κ2) is 6.52. The van der Waals surface area contributed by atoms with Gasteiger partial charge in [0.1, 0.15) is 0 Å². The molecule has 0 atom stereocenters. The molecule has 0 aromatic carbocycles. The minimum atomic E-state index is -3.98. The maximum Gasteiger partial charge on any atom is 0.312 e. The van der Waals surface area contributed by atoms with E-state index >= 15 is 0 Å². The van der Waals surface area contributed by atoms with E-state index in [2.05, 4.69) is 0 Å². The fourth-order valence-corrected chi connectivity index (χ4v) is 2.18. The van der Waals surface area contributed by atoms with Crippen molar-refractivity contribution >= 4 is 16.1 Å². The zero-order valence-electron chi connectivity index (χ0n) is 11.8. The molecule has 0 aliphatic carbocycles. The molecular weight excluding hydrogens is 256 g/mol. The first kappa shape index (κ1) is 17.4. The van der Waals surface area contributed by atoms with Crippen LogP contribution in [0.25, 0.3) is 0 Å². The minimum absolute atomic E-state index is 0.00759. The standard InChI is InChI=1S/C12H24O5S/c1-9(2)12(5,10(3)4)11(13)17-7-6-8-18(14,15)16/h9-10H,6-8H2,1-5H3,(H,14,15,16). The highest BCUT2D eigenvalue weighted by atomic mass is 32.2. The lowest BCUT2D eigenvalue weighted by Crippen LogP contribution is -2.40. The van der Waals surface area contributed by atoms with Gasteiger partial charge in [-0.1, -0.05) is 27.7 Å². The summed E-state index contributed by atoms with van der Waals surface area (Å²) in [4.78, 5) is 12.0. The topological polar surface area (TPSA) is 80.7 Å². The van der Waals surface area contributed by atoms with E-state index in [-0.39, 0.29) is 36.6 Å². The highest BCUT2D eigenvalue weighted by molar-refractivity contribution is 7.85. The van der Waals surface area contributed by atoms with Gasteiger partial charge >= 0.3 is 5.97 Å². The predicted octanol–water partition coefficient (Wildman–Crippen LogP) is 2.13. The fraction of sp³-hybridized carbons (Fsp3) is 0.917. The highest BCUT2D eigenvalue weighted by Gasteiger charge is 2.41. The van der Waals surface area contributed by atoms with Crippen LogP contribution < -0.4 is 0 Å². The summed E-state index contributed by atoms with van der Waals surface area (Å²) in [6.45, 7) is 9.69. The van der Waals surface area contributed by atoms with Gasteiger partial charge in [-0.25, -0.2) is 0 Å². The summed E-state index contributed by atoms with van der Waals surface area (Å²) in [5.74, 6) is -0.443. The molecule has 5 nitrogen and oxygen atoms in total. The van der Waals surface area contributed by atoms with E-state index in [1.807, 2.05) is 34.6 Å². The van der Waals surface area contributed by atoms with Crippen molar-refractivity contribution in [3.05, 3.63) is 0 Å².